The van der Waals surface area contributed by atoms with E-state index in [2.05, 4.69) is 25.9 Å². The van der Waals surface area contributed by atoms with Gasteiger partial charge in [0.05, 0.1) is 20.4 Å². The summed E-state index contributed by atoms with van der Waals surface area (Å²) in [5.74, 6) is 0. The summed E-state index contributed by atoms with van der Waals surface area (Å²) in [5.41, 5.74) is 9.40. The molecule has 0 aliphatic carbocycles. The lowest BCUT2D eigenvalue weighted by Crippen LogP contribution is -1.87. The highest BCUT2D eigenvalue weighted by Crippen LogP contribution is 2.34. The van der Waals surface area contributed by atoms with Gasteiger partial charge in [-0.15, -0.1) is 11.3 Å². The quantitative estimate of drug-likeness (QED) is 0.697. The summed E-state index contributed by atoms with van der Waals surface area (Å²) in [4.78, 5) is 8.63. The van der Waals surface area contributed by atoms with Crippen molar-refractivity contribution in [2.24, 2.45) is 0 Å². The molecule has 0 saturated heterocycles. The Morgan fingerprint density at radius 2 is 1.88 bits per heavy atom. The molecule has 0 bridgehead atoms. The lowest BCUT2D eigenvalue weighted by Gasteiger charge is -2.02. The van der Waals surface area contributed by atoms with Crippen LogP contribution in [-0.4, -0.2) is 9.97 Å². The number of nitrogens with two attached hydrogens (primary N) is 1. The van der Waals surface area contributed by atoms with Gasteiger partial charge in [0, 0.05) is 16.6 Å². The highest BCUT2D eigenvalue weighted by Gasteiger charge is 2.10. The number of nitrogen functional groups attached to an aromatic ring is 1. The maximum absolute atomic E-state index is 5.68. The van der Waals surface area contributed by atoms with Crippen LogP contribution < -0.4 is 5.73 Å². The molecule has 1 aromatic carbocycles. The Hall–Kier alpha value is -1.46. The molecule has 2 N–H and O–H groups in total. The van der Waals surface area contributed by atoms with Gasteiger partial charge in [-0.3, -0.25) is 0 Å². The number of aromatic nitrogens is 2. The van der Waals surface area contributed by atoms with E-state index in [4.69, 9.17) is 5.73 Å². The molecule has 0 spiro atoms. The molecule has 0 amide bonds. The zero-order chi connectivity index (χ0) is 11.8. The number of halogens is 1. The minimum atomic E-state index is 0.756. The van der Waals surface area contributed by atoms with Crippen LogP contribution in [0.1, 0.15) is 0 Å². The molecule has 0 atom stereocenters. The number of benzene rings is 1. The third-order valence-corrected chi connectivity index (χ3v) is 4.38. The summed E-state index contributed by atoms with van der Waals surface area (Å²) < 4.78 is 2.10. The van der Waals surface area contributed by atoms with Crippen molar-refractivity contribution >= 4 is 43.2 Å². The number of thiophene rings is 1. The van der Waals surface area contributed by atoms with Gasteiger partial charge in [-0.1, -0.05) is 12.1 Å². The van der Waals surface area contributed by atoms with Gasteiger partial charge in [0.25, 0.3) is 0 Å². The molecular formula is C12H8BrN3S. The minimum Gasteiger partial charge on any atom is -0.399 e. The summed E-state index contributed by atoms with van der Waals surface area (Å²) in [6.45, 7) is 0. The van der Waals surface area contributed by atoms with E-state index >= 15 is 0 Å². The predicted octanol–water partition coefficient (Wildman–Crippen LogP) is 3.70. The fourth-order valence-corrected chi connectivity index (χ4v) is 3.27. The first-order valence-electron chi connectivity index (χ1n) is 4.99. The normalized spacial score (nSPS) is 10.9. The van der Waals surface area contributed by atoms with Crippen LogP contribution in [-0.2, 0) is 0 Å². The van der Waals surface area contributed by atoms with Gasteiger partial charge in [0.2, 0.25) is 0 Å². The third-order valence-electron chi connectivity index (χ3n) is 2.49. The van der Waals surface area contributed by atoms with Crippen LogP contribution >= 0.6 is 27.3 Å². The van der Waals surface area contributed by atoms with Crippen LogP contribution in [0.5, 0.6) is 0 Å². The van der Waals surface area contributed by atoms with Gasteiger partial charge >= 0.3 is 0 Å². The fourth-order valence-electron chi connectivity index (χ4n) is 1.67. The molecule has 3 aromatic rings. The minimum absolute atomic E-state index is 0.756. The van der Waals surface area contributed by atoms with Gasteiger partial charge in [0.15, 0.2) is 0 Å². The second-order valence-corrected chi connectivity index (χ2v) is 5.34. The fraction of sp³-hybridized carbons (Fsp3) is 0. The summed E-state index contributed by atoms with van der Waals surface area (Å²) in [5, 5.41) is 2.03. The molecule has 2 aromatic heterocycles. The topological polar surface area (TPSA) is 51.8 Å². The van der Waals surface area contributed by atoms with Crippen LogP contribution in [0.4, 0.5) is 5.69 Å². The summed E-state index contributed by atoms with van der Waals surface area (Å²) >= 11 is 5.12. The van der Waals surface area contributed by atoms with Gasteiger partial charge in [0.1, 0.15) is 6.33 Å². The molecule has 84 valence electrons. The van der Waals surface area contributed by atoms with E-state index < -0.39 is 0 Å². The first kappa shape index (κ1) is 10.7. The molecule has 17 heavy (non-hydrogen) atoms. The molecule has 3 rings (SSSR count). The standard InChI is InChI=1S/C12H8BrN3S/c13-9-5-17-12-10(15-6-16-11(9)12)7-1-3-8(14)4-2-7/h1-6H,14H2. The lowest BCUT2D eigenvalue weighted by atomic mass is 10.1. The average Bonchev–Trinajstić information content (AvgIpc) is 2.73. The van der Waals surface area contributed by atoms with E-state index in [1.807, 2.05) is 29.6 Å². The maximum Gasteiger partial charge on any atom is 0.116 e. The Labute approximate surface area is 110 Å². The average molecular weight is 306 g/mol. The molecule has 0 aliphatic rings. The number of hydrogen-bond acceptors (Lipinski definition) is 4. The van der Waals surface area contributed by atoms with E-state index in [1.165, 1.54) is 0 Å². The number of rotatable bonds is 1. The Kier molecular flexibility index (Phi) is 2.57. The van der Waals surface area contributed by atoms with Crippen molar-refractivity contribution in [2.75, 3.05) is 5.73 Å². The summed E-state index contributed by atoms with van der Waals surface area (Å²) in [6, 6.07) is 7.72. The Bertz CT molecular complexity index is 676. The zero-order valence-electron chi connectivity index (χ0n) is 8.72. The number of fused-ring (bicyclic) bond motifs is 1. The van der Waals surface area contributed by atoms with Crippen molar-refractivity contribution in [2.45, 2.75) is 0 Å². The van der Waals surface area contributed by atoms with Gasteiger partial charge in [-0.25, -0.2) is 9.97 Å². The predicted molar refractivity (Wildman–Crippen MR) is 75.0 cm³/mol. The summed E-state index contributed by atoms with van der Waals surface area (Å²) in [7, 11) is 0. The number of anilines is 1. The first-order chi connectivity index (χ1) is 8.25. The van der Waals surface area contributed by atoms with Crippen molar-refractivity contribution in [3.8, 4) is 11.3 Å². The molecule has 0 unspecified atom stereocenters. The molecule has 0 fully saturated rings. The van der Waals surface area contributed by atoms with Gasteiger partial charge in [-0.05, 0) is 28.1 Å². The van der Waals surface area contributed by atoms with Gasteiger partial charge < -0.3 is 5.73 Å². The van der Waals surface area contributed by atoms with E-state index in [0.717, 1.165) is 31.6 Å². The Balaban J connectivity index is 2.26. The highest BCUT2D eigenvalue weighted by atomic mass is 79.9. The Morgan fingerprint density at radius 1 is 1.12 bits per heavy atom. The van der Waals surface area contributed by atoms with E-state index in [-0.39, 0.29) is 0 Å². The second kappa shape index (κ2) is 4.09. The molecule has 0 saturated carbocycles. The number of nitrogens with zero attached hydrogens (tertiary/aromatic N) is 2. The molecule has 0 aliphatic heterocycles. The van der Waals surface area contributed by atoms with Crippen LogP contribution in [0.3, 0.4) is 0 Å². The summed E-state index contributed by atoms with van der Waals surface area (Å²) in [6.07, 6.45) is 1.59. The highest BCUT2D eigenvalue weighted by molar-refractivity contribution is 9.10. The first-order valence-corrected chi connectivity index (χ1v) is 6.66. The smallest absolute Gasteiger partial charge is 0.116 e. The second-order valence-electron chi connectivity index (χ2n) is 3.61. The van der Waals surface area contributed by atoms with E-state index in [9.17, 15) is 0 Å². The van der Waals surface area contributed by atoms with E-state index in [1.54, 1.807) is 17.7 Å². The molecule has 5 heteroatoms. The van der Waals surface area contributed by atoms with Crippen LogP contribution in [0.25, 0.3) is 21.5 Å². The van der Waals surface area contributed by atoms with Crippen molar-refractivity contribution in [1.82, 2.24) is 9.97 Å². The monoisotopic (exact) mass is 305 g/mol. The molecular weight excluding hydrogens is 298 g/mol. The maximum atomic E-state index is 5.68. The van der Waals surface area contributed by atoms with Crippen LogP contribution in [0, 0.1) is 0 Å². The largest absolute Gasteiger partial charge is 0.399 e. The van der Waals surface area contributed by atoms with Crippen molar-refractivity contribution in [1.29, 1.82) is 0 Å². The van der Waals surface area contributed by atoms with Gasteiger partial charge in [-0.2, -0.15) is 0 Å². The van der Waals surface area contributed by atoms with Crippen molar-refractivity contribution in [3.63, 3.8) is 0 Å². The third kappa shape index (κ3) is 1.81. The van der Waals surface area contributed by atoms with Crippen LogP contribution in [0.2, 0.25) is 0 Å². The van der Waals surface area contributed by atoms with Crippen molar-refractivity contribution in [3.05, 3.63) is 40.4 Å². The Morgan fingerprint density at radius 3 is 2.65 bits per heavy atom. The molecule has 2 heterocycles. The number of hydrogen-bond donors (Lipinski definition) is 1. The van der Waals surface area contributed by atoms with Crippen molar-refractivity contribution < 1.29 is 0 Å². The van der Waals surface area contributed by atoms with E-state index in [0.29, 0.717) is 0 Å². The SMILES string of the molecule is Nc1ccc(-c2ncnc3c(Br)csc23)cc1. The molecule has 3 nitrogen and oxygen atoms in total. The molecule has 0 radical (unpaired) electrons. The zero-order valence-corrected chi connectivity index (χ0v) is 11.1. The lowest BCUT2D eigenvalue weighted by molar-refractivity contribution is 1.23. The van der Waals surface area contributed by atoms with Crippen LogP contribution in [0.15, 0.2) is 40.4 Å².